The Morgan fingerprint density at radius 2 is 1.04 bits per heavy atom. The van der Waals surface area contributed by atoms with Gasteiger partial charge in [0, 0.05) is 102 Å². The van der Waals surface area contributed by atoms with E-state index in [0.717, 1.165) is 133 Å². The second-order valence-corrected chi connectivity index (χ2v) is 20.8. The van der Waals surface area contributed by atoms with Crippen molar-refractivity contribution in [1.82, 2.24) is 39.0 Å². The number of amides is 2. The maximum atomic E-state index is 13.7. The van der Waals surface area contributed by atoms with Crippen molar-refractivity contribution in [1.29, 1.82) is 0 Å². The largest absolute Gasteiger partial charge is 0.493 e. The van der Waals surface area contributed by atoms with Gasteiger partial charge in [-0.1, -0.05) is 24.3 Å². The Bertz CT molecular complexity index is 3010. The summed E-state index contributed by atoms with van der Waals surface area (Å²) in [6.45, 7) is 14.8. The van der Waals surface area contributed by atoms with Crippen LogP contribution in [0.5, 0.6) is 11.5 Å². The van der Waals surface area contributed by atoms with E-state index in [0.29, 0.717) is 50.5 Å². The molecule has 0 bridgehead atoms. The minimum atomic E-state index is -3.11. The number of aromatic nitrogens is 4. The molecule has 396 valence electrons. The Balaban J connectivity index is 0.000000212. The Labute approximate surface area is 446 Å². The van der Waals surface area contributed by atoms with Crippen LogP contribution in [0.2, 0.25) is 0 Å². The number of hydrogen-bond donors (Lipinski definition) is 3. The number of anilines is 6. The summed E-state index contributed by atoms with van der Waals surface area (Å²) in [5.74, 6) is 3.26. The first kappa shape index (κ1) is 55.6. The summed E-state index contributed by atoms with van der Waals surface area (Å²) < 4.78 is 40.5. The van der Waals surface area contributed by atoms with E-state index in [1.165, 1.54) is 10.6 Å². The van der Waals surface area contributed by atoms with E-state index in [9.17, 15) is 18.0 Å². The van der Waals surface area contributed by atoms with Crippen LogP contribution in [-0.4, -0.2) is 139 Å². The Kier molecular flexibility index (Phi) is 18.7. The van der Waals surface area contributed by atoms with Crippen LogP contribution >= 0.6 is 24.8 Å². The van der Waals surface area contributed by atoms with Gasteiger partial charge in [-0.05, 0) is 98.5 Å². The van der Waals surface area contributed by atoms with Gasteiger partial charge in [0.1, 0.15) is 23.1 Å². The fourth-order valence-electron chi connectivity index (χ4n) is 9.64. The third-order valence-corrected chi connectivity index (χ3v) is 15.0. The van der Waals surface area contributed by atoms with Gasteiger partial charge in [-0.25, -0.2) is 8.42 Å². The lowest BCUT2D eigenvalue weighted by Crippen LogP contribution is -2.48. The highest BCUT2D eigenvalue weighted by Gasteiger charge is 2.29. The quantitative estimate of drug-likeness (QED) is 0.0999. The van der Waals surface area contributed by atoms with Gasteiger partial charge in [0.25, 0.3) is 11.8 Å². The molecule has 10 rings (SSSR count). The van der Waals surface area contributed by atoms with Gasteiger partial charge < -0.3 is 45.0 Å². The van der Waals surface area contributed by atoms with Gasteiger partial charge in [-0.2, -0.15) is 14.5 Å². The minimum Gasteiger partial charge on any atom is -0.493 e. The third-order valence-electron chi connectivity index (χ3n) is 13.7. The monoisotopic (exact) mass is 1070 g/mol. The average Bonchev–Trinajstić information content (AvgIpc) is 3.77. The fourth-order valence-corrected chi connectivity index (χ4v) is 10.5. The van der Waals surface area contributed by atoms with E-state index in [-0.39, 0.29) is 36.6 Å². The highest BCUT2D eigenvalue weighted by atomic mass is 35.5. The molecule has 4 aliphatic rings. The number of halogens is 2. The van der Waals surface area contributed by atoms with Crippen LogP contribution in [0.3, 0.4) is 0 Å². The molecule has 3 N–H and O–H groups in total. The molecule has 2 fully saturated rings. The maximum absolute atomic E-state index is 13.7. The third kappa shape index (κ3) is 13.0. The van der Waals surface area contributed by atoms with Crippen LogP contribution in [0, 0.1) is 13.8 Å². The molecule has 74 heavy (non-hydrogen) atoms. The zero-order chi connectivity index (χ0) is 50.4. The standard InChI is InChI=1S/C27H34N6O4S.C26H32N6O2.2ClH/c1-20-17-21(9-10-25(20)37-16-6-11-31-12-14-32(15-13-31)38(3,35)36)27(34)33-19-22-18-28-30(2)26(22)29-23-7-4-5-8-24(23)33;1-19-16-20(8-9-24(19)34-15-5-12-31-13-10-27-11-14-31)26(33)32-18-21-17-28-30(2)25(21)29-22-6-3-4-7-23(22)32;;/h4-5,7-10,17-18,29H,6,11-16,19H2,1-3H3;3-4,6-9,16-17,27,29H,5,10-15,18H2,1-2H3;2*1H. The molecule has 4 aliphatic heterocycles. The number of carbonyl (C=O) groups excluding carboxylic acids is 2. The van der Waals surface area contributed by atoms with Crippen molar-refractivity contribution in [2.75, 3.05) is 105 Å². The number of nitrogens with one attached hydrogen (secondary N) is 3. The summed E-state index contributed by atoms with van der Waals surface area (Å²) in [4.78, 5) is 35.7. The number of sulfonamides is 1. The summed E-state index contributed by atoms with van der Waals surface area (Å²) in [6.07, 6.45) is 6.70. The van der Waals surface area contributed by atoms with E-state index in [2.05, 4.69) is 35.9 Å². The van der Waals surface area contributed by atoms with Gasteiger partial charge in [0.15, 0.2) is 0 Å². The Morgan fingerprint density at radius 3 is 1.47 bits per heavy atom. The lowest BCUT2D eigenvalue weighted by molar-refractivity contribution is 0.0977. The minimum absolute atomic E-state index is 0. The van der Waals surface area contributed by atoms with Crippen molar-refractivity contribution in [3.05, 3.63) is 131 Å². The second kappa shape index (κ2) is 24.9. The van der Waals surface area contributed by atoms with E-state index < -0.39 is 10.0 Å². The van der Waals surface area contributed by atoms with Gasteiger partial charge >= 0.3 is 0 Å². The summed E-state index contributed by atoms with van der Waals surface area (Å²) in [5.41, 5.74) is 8.47. The molecule has 0 radical (unpaired) electrons. The SMILES string of the molecule is Cc1cc(C(=O)N2Cc3cnn(C)c3Nc3ccccc32)ccc1OCCCN1CCN(S(C)(=O)=O)CC1.Cc1cc(C(=O)N2Cc3cnn(C)c3Nc3ccccc32)ccc1OCCCN1CCNCC1.Cl.Cl. The zero-order valence-electron chi connectivity index (χ0n) is 42.8. The van der Waals surface area contributed by atoms with Gasteiger partial charge in [-0.15, -0.1) is 24.8 Å². The van der Waals surface area contributed by atoms with E-state index in [1.54, 1.807) is 20.5 Å². The molecule has 6 aromatic rings. The molecule has 2 amide bonds. The van der Waals surface area contributed by atoms with Gasteiger partial charge in [0.05, 0.1) is 67.7 Å². The number of fused-ring (bicyclic) bond motifs is 4. The molecule has 21 heteroatoms. The number of para-hydroxylation sites is 4. The van der Waals surface area contributed by atoms with Crippen molar-refractivity contribution in [3.8, 4) is 11.5 Å². The molecule has 2 saturated heterocycles. The number of nitrogens with zero attached hydrogens (tertiary/aromatic N) is 9. The van der Waals surface area contributed by atoms with E-state index in [4.69, 9.17) is 9.47 Å². The van der Waals surface area contributed by atoms with Crippen LogP contribution in [0.15, 0.2) is 97.3 Å². The molecule has 4 aromatic carbocycles. The van der Waals surface area contributed by atoms with Crippen LogP contribution in [0.4, 0.5) is 34.4 Å². The van der Waals surface area contributed by atoms with E-state index in [1.807, 2.05) is 124 Å². The number of benzene rings is 4. The summed E-state index contributed by atoms with van der Waals surface area (Å²) in [6, 6.07) is 27.0. The molecular weight excluding hydrogens is 1000 g/mol. The molecule has 6 heterocycles. The molecule has 0 unspecified atom stereocenters. The molecule has 0 spiro atoms. The van der Waals surface area contributed by atoms with Crippen LogP contribution in [0.1, 0.15) is 55.8 Å². The van der Waals surface area contributed by atoms with Gasteiger partial charge in [-0.3, -0.25) is 19.0 Å². The number of hydrogen-bond acceptors (Lipinski definition) is 13. The average molecular weight is 1070 g/mol. The van der Waals surface area contributed by atoms with Gasteiger partial charge in [0.2, 0.25) is 10.0 Å². The molecule has 0 saturated carbocycles. The predicted octanol–water partition coefficient (Wildman–Crippen LogP) is 7.13. The highest BCUT2D eigenvalue weighted by Crippen LogP contribution is 2.38. The number of aryl methyl sites for hydroxylation is 4. The second-order valence-electron chi connectivity index (χ2n) is 18.8. The summed E-state index contributed by atoms with van der Waals surface area (Å²) >= 11 is 0. The van der Waals surface area contributed by atoms with Crippen LogP contribution < -0.4 is 35.2 Å². The smallest absolute Gasteiger partial charge is 0.258 e. The number of rotatable bonds is 13. The first-order valence-electron chi connectivity index (χ1n) is 24.8. The lowest BCUT2D eigenvalue weighted by atomic mass is 10.1. The molecule has 18 nitrogen and oxygen atoms in total. The number of carbonyl (C=O) groups is 2. The summed E-state index contributed by atoms with van der Waals surface area (Å²) in [5, 5.41) is 19.0. The predicted molar refractivity (Wildman–Crippen MR) is 296 cm³/mol. The van der Waals surface area contributed by atoms with Crippen molar-refractivity contribution in [2.45, 2.75) is 39.8 Å². The molecular formula is C53H68Cl2N12O6S. The highest BCUT2D eigenvalue weighted by molar-refractivity contribution is 7.88. The maximum Gasteiger partial charge on any atom is 0.258 e. The Morgan fingerprint density at radius 1 is 0.608 bits per heavy atom. The van der Waals surface area contributed by atoms with Crippen molar-refractivity contribution in [3.63, 3.8) is 0 Å². The molecule has 2 aromatic heterocycles. The number of piperazine rings is 2. The zero-order valence-corrected chi connectivity index (χ0v) is 45.2. The van der Waals surface area contributed by atoms with Crippen LogP contribution in [0.25, 0.3) is 0 Å². The normalized spacial score (nSPS) is 15.6. The van der Waals surface area contributed by atoms with Crippen molar-refractivity contribution in [2.24, 2.45) is 14.1 Å². The summed E-state index contributed by atoms with van der Waals surface area (Å²) in [7, 11) is 0.670. The lowest BCUT2D eigenvalue weighted by Gasteiger charge is -2.33. The molecule has 0 atom stereocenters. The number of ether oxygens (including phenoxy) is 2. The Hall–Kier alpha value is -6.19. The molecule has 0 aliphatic carbocycles. The first-order chi connectivity index (χ1) is 34.8. The van der Waals surface area contributed by atoms with Crippen LogP contribution in [-0.2, 0) is 37.2 Å². The van der Waals surface area contributed by atoms with E-state index >= 15 is 0 Å². The topological polar surface area (TPSA) is 175 Å². The first-order valence-corrected chi connectivity index (χ1v) is 26.6. The van der Waals surface area contributed by atoms with Crippen molar-refractivity contribution < 1.29 is 27.5 Å². The fraction of sp³-hybridized carbons (Fsp3) is 0.396. The van der Waals surface area contributed by atoms with Crippen molar-refractivity contribution >= 4 is 81.0 Å².